The maximum absolute atomic E-state index is 11.7. The molecule has 1 fully saturated rings. The van der Waals surface area contributed by atoms with E-state index in [0.29, 0.717) is 11.6 Å². The minimum Gasteiger partial charge on any atom is -0.464 e. The van der Waals surface area contributed by atoms with Gasteiger partial charge >= 0.3 is 5.97 Å². The fraction of sp³-hybridized carbons (Fsp3) is 0.417. The van der Waals surface area contributed by atoms with Gasteiger partial charge < -0.3 is 4.74 Å². The Bertz CT molecular complexity index is 619. The molecule has 0 spiro atoms. The van der Waals surface area contributed by atoms with Gasteiger partial charge in [0.25, 0.3) is 0 Å². The number of rotatable bonds is 3. The summed E-state index contributed by atoms with van der Waals surface area (Å²) in [5, 5.41) is 5.07. The van der Waals surface area contributed by atoms with Gasteiger partial charge in [-0.15, -0.1) is 0 Å². The molecular formula is C12H12BrN3O2. The highest BCUT2D eigenvalue weighted by Gasteiger charge is 2.25. The van der Waals surface area contributed by atoms with Crippen LogP contribution in [0.25, 0.3) is 11.0 Å². The Hall–Kier alpha value is -1.43. The van der Waals surface area contributed by atoms with Gasteiger partial charge in [-0.3, -0.25) is 0 Å². The van der Waals surface area contributed by atoms with Crippen molar-refractivity contribution in [2.24, 2.45) is 5.92 Å². The monoisotopic (exact) mass is 309 g/mol. The molecule has 94 valence electrons. The molecule has 1 aliphatic carbocycles. The Kier molecular flexibility index (Phi) is 2.81. The van der Waals surface area contributed by atoms with Crippen LogP contribution >= 0.6 is 15.9 Å². The minimum atomic E-state index is -0.422. The number of hydrogen-bond donors (Lipinski definition) is 0. The first-order valence-electron chi connectivity index (χ1n) is 5.79. The second-order valence-corrected chi connectivity index (χ2v) is 5.41. The van der Waals surface area contributed by atoms with Crippen molar-refractivity contribution < 1.29 is 9.53 Å². The molecule has 2 aromatic rings. The summed E-state index contributed by atoms with van der Waals surface area (Å²) < 4.78 is 7.40. The first-order valence-corrected chi connectivity index (χ1v) is 6.58. The van der Waals surface area contributed by atoms with Crippen molar-refractivity contribution in [2.45, 2.75) is 19.4 Å². The largest absolute Gasteiger partial charge is 0.464 e. The third-order valence-electron chi connectivity index (χ3n) is 3.06. The zero-order valence-corrected chi connectivity index (χ0v) is 11.5. The molecule has 0 aromatic carbocycles. The van der Waals surface area contributed by atoms with Crippen molar-refractivity contribution in [3.8, 4) is 0 Å². The number of carbonyl (C=O) groups is 1. The van der Waals surface area contributed by atoms with Gasteiger partial charge in [0, 0.05) is 17.2 Å². The van der Waals surface area contributed by atoms with Crippen LogP contribution in [-0.4, -0.2) is 27.8 Å². The molecule has 1 saturated carbocycles. The smallest absolute Gasteiger partial charge is 0.359 e. The molecule has 6 heteroatoms. The van der Waals surface area contributed by atoms with E-state index in [1.807, 2.05) is 10.7 Å². The van der Waals surface area contributed by atoms with Crippen LogP contribution in [0.15, 0.2) is 16.7 Å². The lowest BCUT2D eigenvalue weighted by molar-refractivity contribution is 0.0595. The summed E-state index contributed by atoms with van der Waals surface area (Å²) in [7, 11) is 1.36. The topological polar surface area (TPSA) is 57.0 Å². The number of aromatic nitrogens is 3. The Balaban J connectivity index is 2.14. The van der Waals surface area contributed by atoms with Crippen LogP contribution in [0, 0.1) is 5.92 Å². The maximum atomic E-state index is 11.7. The fourth-order valence-corrected chi connectivity index (χ4v) is 2.28. The Morgan fingerprint density at radius 2 is 2.39 bits per heavy atom. The quantitative estimate of drug-likeness (QED) is 0.817. The van der Waals surface area contributed by atoms with Crippen LogP contribution in [0.4, 0.5) is 0 Å². The number of fused-ring (bicyclic) bond motifs is 1. The van der Waals surface area contributed by atoms with E-state index < -0.39 is 5.97 Å². The number of esters is 1. The average molecular weight is 310 g/mol. The molecule has 2 aromatic heterocycles. The molecule has 0 aliphatic heterocycles. The maximum Gasteiger partial charge on any atom is 0.359 e. The van der Waals surface area contributed by atoms with Crippen molar-refractivity contribution in [1.82, 2.24) is 14.8 Å². The van der Waals surface area contributed by atoms with E-state index >= 15 is 0 Å². The summed E-state index contributed by atoms with van der Waals surface area (Å²) in [6.07, 6.45) is 4.17. The summed E-state index contributed by atoms with van der Waals surface area (Å²) in [5.41, 5.74) is 1.08. The molecule has 0 bridgehead atoms. The molecule has 0 radical (unpaired) electrons. The highest BCUT2D eigenvalue weighted by Crippen LogP contribution is 2.32. The number of carbonyl (C=O) groups excluding carboxylic acids is 1. The number of halogens is 1. The lowest BCUT2D eigenvalue weighted by Crippen LogP contribution is -2.06. The Labute approximate surface area is 112 Å². The molecule has 5 nitrogen and oxygen atoms in total. The Morgan fingerprint density at radius 3 is 3.06 bits per heavy atom. The molecule has 0 amide bonds. The number of pyridine rings is 1. The van der Waals surface area contributed by atoms with E-state index in [0.717, 1.165) is 22.1 Å². The average Bonchev–Trinajstić information content (AvgIpc) is 3.11. The first kappa shape index (κ1) is 11.6. The standard InChI is InChI=1S/C12H12BrN3O2/c1-18-12(17)10-9-4-8(13)5-14-11(9)16(15-10)6-7-2-3-7/h4-5,7H,2-3,6H2,1H3. The molecule has 0 atom stereocenters. The van der Waals surface area contributed by atoms with Crippen LogP contribution in [-0.2, 0) is 11.3 Å². The molecule has 1 aliphatic rings. The molecule has 0 N–H and O–H groups in total. The van der Waals surface area contributed by atoms with E-state index in [2.05, 4.69) is 26.0 Å². The third kappa shape index (κ3) is 2.01. The first-order chi connectivity index (χ1) is 8.69. The van der Waals surface area contributed by atoms with Gasteiger partial charge in [0.2, 0.25) is 0 Å². The Morgan fingerprint density at radius 1 is 1.61 bits per heavy atom. The van der Waals surface area contributed by atoms with E-state index in [1.54, 1.807) is 6.20 Å². The van der Waals surface area contributed by atoms with E-state index in [1.165, 1.54) is 20.0 Å². The highest BCUT2D eigenvalue weighted by molar-refractivity contribution is 9.10. The van der Waals surface area contributed by atoms with E-state index in [4.69, 9.17) is 4.74 Å². The number of nitrogens with zero attached hydrogens (tertiary/aromatic N) is 3. The van der Waals surface area contributed by atoms with Crippen molar-refractivity contribution in [2.75, 3.05) is 7.11 Å². The SMILES string of the molecule is COC(=O)c1nn(CC2CC2)c2ncc(Br)cc12. The summed E-state index contributed by atoms with van der Waals surface area (Å²) in [4.78, 5) is 16.1. The predicted octanol–water partition coefficient (Wildman–Crippen LogP) is 2.39. The lowest BCUT2D eigenvalue weighted by atomic mass is 10.2. The van der Waals surface area contributed by atoms with Crippen LogP contribution in [0.1, 0.15) is 23.3 Å². The number of hydrogen-bond acceptors (Lipinski definition) is 4. The highest BCUT2D eigenvalue weighted by atomic mass is 79.9. The number of ether oxygens (including phenoxy) is 1. The van der Waals surface area contributed by atoms with Gasteiger partial charge in [-0.1, -0.05) is 0 Å². The minimum absolute atomic E-state index is 0.335. The summed E-state index contributed by atoms with van der Waals surface area (Å²) in [6, 6.07) is 1.85. The van der Waals surface area contributed by atoms with Gasteiger partial charge in [-0.25, -0.2) is 14.5 Å². The van der Waals surface area contributed by atoms with Gasteiger partial charge in [-0.2, -0.15) is 5.10 Å². The van der Waals surface area contributed by atoms with Crippen molar-refractivity contribution in [1.29, 1.82) is 0 Å². The molecular weight excluding hydrogens is 298 g/mol. The lowest BCUT2D eigenvalue weighted by Gasteiger charge is -1.99. The molecule has 3 rings (SSSR count). The van der Waals surface area contributed by atoms with Crippen LogP contribution in [0.3, 0.4) is 0 Å². The van der Waals surface area contributed by atoms with Crippen LogP contribution in [0.2, 0.25) is 0 Å². The molecule has 0 saturated heterocycles. The van der Waals surface area contributed by atoms with E-state index in [-0.39, 0.29) is 0 Å². The van der Waals surface area contributed by atoms with Crippen LogP contribution in [0.5, 0.6) is 0 Å². The number of methoxy groups -OCH3 is 1. The van der Waals surface area contributed by atoms with Crippen molar-refractivity contribution in [3.63, 3.8) is 0 Å². The third-order valence-corrected chi connectivity index (χ3v) is 3.49. The predicted molar refractivity (Wildman–Crippen MR) is 69.3 cm³/mol. The van der Waals surface area contributed by atoms with Crippen molar-refractivity contribution >= 4 is 32.9 Å². The van der Waals surface area contributed by atoms with Gasteiger partial charge in [0.15, 0.2) is 11.3 Å². The molecule has 2 heterocycles. The van der Waals surface area contributed by atoms with E-state index in [9.17, 15) is 4.79 Å². The van der Waals surface area contributed by atoms with Gasteiger partial charge in [0.1, 0.15) is 0 Å². The summed E-state index contributed by atoms with van der Waals surface area (Å²) in [6.45, 7) is 0.822. The second-order valence-electron chi connectivity index (χ2n) is 4.49. The summed E-state index contributed by atoms with van der Waals surface area (Å²) in [5.74, 6) is 0.249. The molecule has 0 unspecified atom stereocenters. The molecule has 18 heavy (non-hydrogen) atoms. The van der Waals surface area contributed by atoms with Crippen LogP contribution < -0.4 is 0 Å². The summed E-state index contributed by atoms with van der Waals surface area (Å²) >= 11 is 3.36. The normalized spacial score (nSPS) is 15.0. The van der Waals surface area contributed by atoms with Crippen molar-refractivity contribution in [3.05, 3.63) is 22.4 Å². The fourth-order valence-electron chi connectivity index (χ4n) is 1.95. The second kappa shape index (κ2) is 4.35. The zero-order valence-electron chi connectivity index (χ0n) is 9.89. The zero-order chi connectivity index (χ0) is 12.7. The van der Waals surface area contributed by atoms with Gasteiger partial charge in [-0.05, 0) is 40.8 Å². The van der Waals surface area contributed by atoms with Gasteiger partial charge in [0.05, 0.1) is 12.5 Å².